The van der Waals surface area contributed by atoms with Crippen molar-refractivity contribution in [3.05, 3.63) is 51.3 Å². The molecule has 0 bridgehead atoms. The maximum atomic E-state index is 12.3. The molecule has 1 aromatic rings. The average molecular weight is 401 g/mol. The van der Waals surface area contributed by atoms with Gasteiger partial charge in [-0.3, -0.25) is 4.79 Å². The van der Waals surface area contributed by atoms with Gasteiger partial charge in [0, 0.05) is 23.6 Å². The lowest BCUT2D eigenvalue weighted by molar-refractivity contribution is -0.121. The van der Waals surface area contributed by atoms with E-state index < -0.39 is 24.2 Å². The van der Waals surface area contributed by atoms with E-state index in [0.717, 1.165) is 5.56 Å². The summed E-state index contributed by atoms with van der Waals surface area (Å²) in [5.41, 5.74) is 1.81. The van der Waals surface area contributed by atoms with Crippen LogP contribution in [0.3, 0.4) is 0 Å². The Morgan fingerprint density at radius 3 is 2.83 bits per heavy atom. The van der Waals surface area contributed by atoms with Crippen molar-refractivity contribution < 1.29 is 24.2 Å². The van der Waals surface area contributed by atoms with E-state index >= 15 is 0 Å². The summed E-state index contributed by atoms with van der Waals surface area (Å²) < 4.78 is 11.5. The van der Waals surface area contributed by atoms with Crippen LogP contribution in [0.5, 0.6) is 0 Å². The van der Waals surface area contributed by atoms with Crippen molar-refractivity contribution in [3.8, 4) is 0 Å². The van der Waals surface area contributed by atoms with Gasteiger partial charge in [-0.25, -0.2) is 4.79 Å². The van der Waals surface area contributed by atoms with Gasteiger partial charge in [0.25, 0.3) is 0 Å². The number of fused-ring (bicyclic) bond motifs is 3. The molecule has 1 aromatic heterocycles. The number of hydrogen-bond acceptors (Lipinski definition) is 6. The first-order valence-electron chi connectivity index (χ1n) is 10.3. The van der Waals surface area contributed by atoms with Crippen LogP contribution in [0.15, 0.2) is 33.2 Å². The third-order valence-corrected chi connectivity index (χ3v) is 6.08. The standard InChI is InChI=1S/C22H27NO6/c24-11-15(25)10-23-20(26)9-14-8-17-19(29-22(14)27)7-6-16-18(12-28-21(16)17)13-4-2-1-3-5-13/h6-8,12-13,15-16,21,24-25H,1-5,9-11H2,(H,23,26). The topological polar surface area (TPSA) is 109 Å². The van der Waals surface area contributed by atoms with Crippen LogP contribution in [0.4, 0.5) is 0 Å². The summed E-state index contributed by atoms with van der Waals surface area (Å²) in [6.07, 6.45) is 10.5. The summed E-state index contributed by atoms with van der Waals surface area (Å²) in [5.74, 6) is 0.749. The highest BCUT2D eigenvalue weighted by molar-refractivity contribution is 5.78. The van der Waals surface area contributed by atoms with Crippen LogP contribution in [0.1, 0.15) is 55.1 Å². The lowest BCUT2D eigenvalue weighted by Crippen LogP contribution is -2.35. The molecular weight excluding hydrogens is 374 g/mol. The van der Waals surface area contributed by atoms with Gasteiger partial charge in [-0.1, -0.05) is 25.3 Å². The van der Waals surface area contributed by atoms with Gasteiger partial charge in [0.2, 0.25) is 5.91 Å². The van der Waals surface area contributed by atoms with Crippen molar-refractivity contribution in [3.63, 3.8) is 0 Å². The molecule has 1 amide bonds. The molecule has 3 N–H and O–H groups in total. The van der Waals surface area contributed by atoms with E-state index in [1.807, 2.05) is 12.3 Å². The largest absolute Gasteiger partial charge is 0.492 e. The van der Waals surface area contributed by atoms with Gasteiger partial charge in [-0.2, -0.15) is 0 Å². The SMILES string of the molecule is O=C(Cc1cc2c(oc1=O)C=CC1C(C3CCCCC3)=COC21)NCC(O)CO. The molecule has 4 rings (SSSR count). The molecule has 29 heavy (non-hydrogen) atoms. The zero-order valence-corrected chi connectivity index (χ0v) is 16.3. The van der Waals surface area contributed by atoms with E-state index in [-0.39, 0.29) is 30.6 Å². The first kappa shape index (κ1) is 19.9. The Hall–Kier alpha value is -2.38. The van der Waals surface area contributed by atoms with Gasteiger partial charge in [0.1, 0.15) is 11.9 Å². The predicted octanol–water partition coefficient (Wildman–Crippen LogP) is 1.83. The highest BCUT2D eigenvalue weighted by atomic mass is 16.5. The van der Waals surface area contributed by atoms with Crippen LogP contribution in [-0.2, 0) is 16.0 Å². The Kier molecular flexibility index (Phi) is 5.87. The fourth-order valence-electron chi connectivity index (χ4n) is 4.51. The van der Waals surface area contributed by atoms with E-state index in [9.17, 15) is 14.7 Å². The smallest absolute Gasteiger partial charge is 0.339 e. The molecule has 3 atom stereocenters. The van der Waals surface area contributed by atoms with Crippen molar-refractivity contribution in [2.24, 2.45) is 11.8 Å². The third kappa shape index (κ3) is 4.16. The summed E-state index contributed by atoms with van der Waals surface area (Å²) in [7, 11) is 0. The molecule has 1 saturated carbocycles. The van der Waals surface area contributed by atoms with Crippen molar-refractivity contribution in [1.29, 1.82) is 0 Å². The van der Waals surface area contributed by atoms with Gasteiger partial charge >= 0.3 is 5.63 Å². The van der Waals surface area contributed by atoms with E-state index in [0.29, 0.717) is 11.7 Å². The number of aliphatic hydroxyl groups is 2. The highest BCUT2D eigenvalue weighted by Crippen LogP contribution is 2.48. The maximum absolute atomic E-state index is 12.3. The van der Waals surface area contributed by atoms with Crippen LogP contribution >= 0.6 is 0 Å². The Morgan fingerprint density at radius 2 is 2.07 bits per heavy atom. The molecule has 0 radical (unpaired) electrons. The summed E-state index contributed by atoms with van der Waals surface area (Å²) in [6.45, 7) is -0.513. The summed E-state index contributed by atoms with van der Waals surface area (Å²) >= 11 is 0. The van der Waals surface area contributed by atoms with Crippen LogP contribution in [0.2, 0.25) is 0 Å². The molecule has 0 aromatic carbocycles. The molecular formula is C22H27NO6. The van der Waals surface area contributed by atoms with E-state index in [1.54, 1.807) is 6.07 Å². The quantitative estimate of drug-likeness (QED) is 0.671. The molecule has 2 heterocycles. The second kappa shape index (κ2) is 8.55. The number of ether oxygens (including phenoxy) is 1. The number of hydrogen-bond donors (Lipinski definition) is 3. The maximum Gasteiger partial charge on any atom is 0.339 e. The highest BCUT2D eigenvalue weighted by Gasteiger charge is 2.39. The van der Waals surface area contributed by atoms with Crippen LogP contribution < -0.4 is 10.9 Å². The molecule has 156 valence electrons. The summed E-state index contributed by atoms with van der Waals surface area (Å²) in [5, 5.41) is 20.7. The monoisotopic (exact) mass is 401 g/mol. The zero-order valence-electron chi connectivity index (χ0n) is 16.3. The number of nitrogens with one attached hydrogen (secondary N) is 1. The fraction of sp³-hybridized carbons (Fsp3) is 0.545. The fourth-order valence-corrected chi connectivity index (χ4v) is 4.51. The first-order valence-corrected chi connectivity index (χ1v) is 10.3. The Labute approximate surface area is 169 Å². The lowest BCUT2D eigenvalue weighted by Gasteiger charge is -2.28. The molecule has 3 aliphatic rings. The minimum absolute atomic E-state index is 0.0726. The second-order valence-electron chi connectivity index (χ2n) is 8.09. The number of aliphatic hydroxyl groups excluding tert-OH is 2. The van der Waals surface area contributed by atoms with Crippen LogP contribution in [0.25, 0.3) is 6.08 Å². The van der Waals surface area contributed by atoms with E-state index in [4.69, 9.17) is 14.3 Å². The second-order valence-corrected chi connectivity index (χ2v) is 8.09. The van der Waals surface area contributed by atoms with Crippen LogP contribution in [-0.4, -0.2) is 35.4 Å². The Morgan fingerprint density at radius 1 is 1.28 bits per heavy atom. The van der Waals surface area contributed by atoms with Gasteiger partial charge in [-0.05, 0) is 36.5 Å². The predicted molar refractivity (Wildman–Crippen MR) is 106 cm³/mol. The molecule has 3 unspecified atom stereocenters. The summed E-state index contributed by atoms with van der Waals surface area (Å²) in [4.78, 5) is 24.4. The third-order valence-electron chi connectivity index (χ3n) is 6.08. The number of amides is 1. The van der Waals surface area contributed by atoms with Gasteiger partial charge in [0.15, 0.2) is 0 Å². The van der Waals surface area contributed by atoms with Gasteiger partial charge in [0.05, 0.1) is 25.4 Å². The molecule has 7 nitrogen and oxygen atoms in total. The van der Waals surface area contributed by atoms with Crippen molar-refractivity contribution in [1.82, 2.24) is 5.32 Å². The van der Waals surface area contributed by atoms with Crippen molar-refractivity contribution in [2.45, 2.75) is 50.7 Å². The molecule has 7 heteroatoms. The first-order chi connectivity index (χ1) is 14.1. The number of carbonyl (C=O) groups is 1. The van der Waals surface area contributed by atoms with Crippen molar-refractivity contribution >= 4 is 12.0 Å². The molecule has 1 fully saturated rings. The Balaban J connectivity index is 1.50. The molecule has 0 spiro atoms. The molecule has 2 aliphatic carbocycles. The van der Waals surface area contributed by atoms with E-state index in [2.05, 4.69) is 11.4 Å². The van der Waals surface area contributed by atoms with Crippen LogP contribution in [0, 0.1) is 11.8 Å². The summed E-state index contributed by atoms with van der Waals surface area (Å²) in [6, 6.07) is 1.71. The Bertz CT molecular complexity index is 880. The normalized spacial score (nSPS) is 24.3. The van der Waals surface area contributed by atoms with Gasteiger partial charge < -0.3 is 24.7 Å². The average Bonchev–Trinajstić information content (AvgIpc) is 3.17. The zero-order chi connectivity index (χ0) is 20.4. The van der Waals surface area contributed by atoms with Gasteiger partial charge in [-0.15, -0.1) is 0 Å². The number of rotatable bonds is 6. The lowest BCUT2D eigenvalue weighted by atomic mass is 9.76. The molecule has 1 aliphatic heterocycles. The van der Waals surface area contributed by atoms with E-state index in [1.165, 1.54) is 37.7 Å². The number of carbonyl (C=O) groups excluding carboxylic acids is 1. The van der Waals surface area contributed by atoms with Crippen molar-refractivity contribution in [2.75, 3.05) is 13.2 Å². The minimum atomic E-state index is -1.03. The minimum Gasteiger partial charge on any atom is -0.492 e. The molecule has 0 saturated heterocycles.